The lowest BCUT2D eigenvalue weighted by atomic mass is 9.69. The molecular formula is C19H23BrN2O3S. The summed E-state index contributed by atoms with van der Waals surface area (Å²) in [7, 11) is 3.52. The standard InChI is InChI=1S/C19H23BrN2O3S/c1-21-18(26-3)22-7-6-19-5-4-11(23)8-15(19)25-17-14(24-2)9-13(20)12(10-22)16(17)19/h4-5,9,11,15,23H,6-8,10H2,1-3H3/t11-,15?,19?/m0/s1. The van der Waals surface area contributed by atoms with Crippen molar-refractivity contribution in [2.24, 2.45) is 4.99 Å². The van der Waals surface area contributed by atoms with E-state index in [-0.39, 0.29) is 11.5 Å². The zero-order chi connectivity index (χ0) is 18.5. The van der Waals surface area contributed by atoms with Gasteiger partial charge in [0.15, 0.2) is 16.7 Å². The summed E-state index contributed by atoms with van der Waals surface area (Å²) in [4.78, 5) is 6.80. The Kier molecular flexibility index (Phi) is 4.73. The van der Waals surface area contributed by atoms with Crippen LogP contribution in [-0.4, -0.2) is 54.3 Å². The number of nitrogens with zero attached hydrogens (tertiary/aromatic N) is 2. The van der Waals surface area contributed by atoms with Crippen LogP contribution in [0.1, 0.15) is 24.0 Å². The van der Waals surface area contributed by atoms with Gasteiger partial charge in [-0.1, -0.05) is 39.8 Å². The molecule has 3 atom stereocenters. The van der Waals surface area contributed by atoms with Crippen LogP contribution in [0.5, 0.6) is 11.5 Å². The third kappa shape index (κ3) is 2.59. The lowest BCUT2D eigenvalue weighted by Gasteiger charge is -2.36. The van der Waals surface area contributed by atoms with Crippen LogP contribution in [0.4, 0.5) is 0 Å². The second-order valence-electron chi connectivity index (χ2n) is 6.93. The number of hydrogen-bond acceptors (Lipinski definition) is 5. The SMILES string of the molecule is CN=C(SC)N1CCC23C=C[C@H](O)CC2Oc2c(OC)cc(Br)c(c23)C1. The minimum Gasteiger partial charge on any atom is -0.493 e. The van der Waals surface area contributed by atoms with E-state index in [1.54, 1.807) is 18.9 Å². The number of aliphatic hydroxyl groups is 1. The fourth-order valence-electron chi connectivity index (χ4n) is 4.49. The molecule has 0 aromatic heterocycles. The molecule has 1 aliphatic carbocycles. The Labute approximate surface area is 166 Å². The monoisotopic (exact) mass is 438 g/mol. The van der Waals surface area contributed by atoms with E-state index in [1.165, 1.54) is 11.1 Å². The average Bonchev–Trinajstić information content (AvgIpc) is 2.86. The summed E-state index contributed by atoms with van der Waals surface area (Å²) >= 11 is 5.43. The first-order valence-electron chi connectivity index (χ1n) is 8.73. The quantitative estimate of drug-likeness (QED) is 0.413. The molecule has 1 N–H and O–H groups in total. The van der Waals surface area contributed by atoms with Gasteiger partial charge in [-0.15, -0.1) is 0 Å². The first-order chi connectivity index (χ1) is 12.5. The second kappa shape index (κ2) is 6.77. The molecule has 2 heterocycles. The van der Waals surface area contributed by atoms with Crippen LogP contribution >= 0.6 is 27.7 Å². The predicted molar refractivity (Wildman–Crippen MR) is 108 cm³/mol. The Morgan fingerprint density at radius 1 is 1.54 bits per heavy atom. The molecule has 0 amide bonds. The highest BCUT2D eigenvalue weighted by Crippen LogP contribution is 2.57. The molecule has 0 saturated heterocycles. The summed E-state index contributed by atoms with van der Waals surface area (Å²) in [5.41, 5.74) is 2.19. The van der Waals surface area contributed by atoms with E-state index >= 15 is 0 Å². The molecule has 0 radical (unpaired) electrons. The van der Waals surface area contributed by atoms with E-state index in [2.05, 4.69) is 38.2 Å². The maximum Gasteiger partial charge on any atom is 0.166 e. The van der Waals surface area contributed by atoms with Crippen LogP contribution in [-0.2, 0) is 12.0 Å². The van der Waals surface area contributed by atoms with Gasteiger partial charge in [-0.05, 0) is 24.3 Å². The summed E-state index contributed by atoms with van der Waals surface area (Å²) in [5.74, 6) is 1.57. The van der Waals surface area contributed by atoms with Crippen molar-refractivity contribution in [3.8, 4) is 11.5 Å². The number of rotatable bonds is 1. The van der Waals surface area contributed by atoms with Crippen molar-refractivity contribution in [3.05, 3.63) is 33.8 Å². The van der Waals surface area contributed by atoms with Gasteiger partial charge in [0.1, 0.15) is 6.10 Å². The zero-order valence-corrected chi connectivity index (χ0v) is 17.6. The highest BCUT2D eigenvalue weighted by atomic mass is 79.9. The Balaban J connectivity index is 1.92. The predicted octanol–water partition coefficient (Wildman–Crippen LogP) is 3.33. The summed E-state index contributed by atoms with van der Waals surface area (Å²) in [6.45, 7) is 1.66. The fraction of sp³-hybridized carbons (Fsp3) is 0.526. The number of hydrogen-bond donors (Lipinski definition) is 1. The second-order valence-corrected chi connectivity index (χ2v) is 8.56. The van der Waals surface area contributed by atoms with Crippen molar-refractivity contribution in [1.29, 1.82) is 0 Å². The van der Waals surface area contributed by atoms with Crippen molar-refractivity contribution in [2.45, 2.75) is 37.0 Å². The summed E-state index contributed by atoms with van der Waals surface area (Å²) in [6.07, 6.45) is 7.13. The highest BCUT2D eigenvalue weighted by molar-refractivity contribution is 9.10. The molecule has 26 heavy (non-hydrogen) atoms. The van der Waals surface area contributed by atoms with Gasteiger partial charge in [-0.3, -0.25) is 4.99 Å². The van der Waals surface area contributed by atoms with E-state index in [4.69, 9.17) is 9.47 Å². The Morgan fingerprint density at radius 3 is 3.04 bits per heavy atom. The topological polar surface area (TPSA) is 54.3 Å². The van der Waals surface area contributed by atoms with Gasteiger partial charge in [0, 0.05) is 36.6 Å². The molecule has 1 aromatic carbocycles. The molecule has 140 valence electrons. The average molecular weight is 439 g/mol. The van der Waals surface area contributed by atoms with Gasteiger partial charge in [-0.2, -0.15) is 0 Å². The van der Waals surface area contributed by atoms with Crippen molar-refractivity contribution in [2.75, 3.05) is 27.0 Å². The molecule has 0 fully saturated rings. The van der Waals surface area contributed by atoms with E-state index in [0.717, 1.165) is 40.6 Å². The lowest BCUT2D eigenvalue weighted by molar-refractivity contribution is 0.0834. The highest BCUT2D eigenvalue weighted by Gasteiger charge is 2.53. The van der Waals surface area contributed by atoms with Crippen LogP contribution in [0.3, 0.4) is 0 Å². The van der Waals surface area contributed by atoms with Gasteiger partial charge in [0.2, 0.25) is 0 Å². The molecule has 0 saturated carbocycles. The molecule has 3 aliphatic rings. The summed E-state index contributed by atoms with van der Waals surface area (Å²) < 4.78 is 13.0. The number of thioether (sulfide) groups is 1. The van der Waals surface area contributed by atoms with Crippen LogP contribution in [0.25, 0.3) is 0 Å². The molecular weight excluding hydrogens is 416 g/mol. The molecule has 1 aromatic rings. The van der Waals surface area contributed by atoms with Crippen molar-refractivity contribution in [1.82, 2.24) is 4.90 Å². The Morgan fingerprint density at radius 2 is 2.35 bits per heavy atom. The Bertz CT molecular complexity index is 797. The largest absolute Gasteiger partial charge is 0.493 e. The number of benzene rings is 1. The minimum absolute atomic E-state index is 0.0734. The number of aliphatic imine (C=N–C) groups is 1. The maximum absolute atomic E-state index is 10.2. The first kappa shape index (κ1) is 18.2. The van der Waals surface area contributed by atoms with Crippen molar-refractivity contribution in [3.63, 3.8) is 0 Å². The fourth-order valence-corrected chi connectivity index (χ4v) is 5.61. The molecule has 4 rings (SSSR count). The van der Waals surface area contributed by atoms with Crippen molar-refractivity contribution >= 4 is 32.9 Å². The van der Waals surface area contributed by atoms with Crippen LogP contribution < -0.4 is 9.47 Å². The van der Waals surface area contributed by atoms with Crippen LogP contribution in [0.2, 0.25) is 0 Å². The van der Waals surface area contributed by atoms with Crippen molar-refractivity contribution < 1.29 is 14.6 Å². The number of methoxy groups -OCH3 is 1. The summed E-state index contributed by atoms with van der Waals surface area (Å²) in [5, 5.41) is 11.2. The number of halogens is 1. The molecule has 2 unspecified atom stereocenters. The van der Waals surface area contributed by atoms with Gasteiger partial charge in [0.05, 0.1) is 18.6 Å². The van der Waals surface area contributed by atoms with Crippen LogP contribution in [0.15, 0.2) is 27.7 Å². The first-order valence-corrected chi connectivity index (χ1v) is 10.8. The molecule has 2 aliphatic heterocycles. The van der Waals surface area contributed by atoms with Gasteiger partial charge in [0.25, 0.3) is 0 Å². The molecule has 7 heteroatoms. The Hall–Kier alpha value is -1.18. The third-order valence-electron chi connectivity index (χ3n) is 5.68. The summed E-state index contributed by atoms with van der Waals surface area (Å²) in [6, 6.07) is 1.99. The number of amidine groups is 1. The molecule has 1 spiro atoms. The zero-order valence-electron chi connectivity index (χ0n) is 15.2. The minimum atomic E-state index is -0.462. The van der Waals surface area contributed by atoms with E-state index in [9.17, 15) is 5.11 Å². The van der Waals surface area contributed by atoms with Crippen LogP contribution in [0, 0.1) is 0 Å². The maximum atomic E-state index is 10.2. The van der Waals surface area contributed by atoms with E-state index in [1.807, 2.05) is 19.2 Å². The number of ether oxygens (including phenoxy) is 2. The molecule has 5 nitrogen and oxygen atoms in total. The van der Waals surface area contributed by atoms with E-state index < -0.39 is 6.10 Å². The van der Waals surface area contributed by atoms with Gasteiger partial charge in [-0.25, -0.2) is 0 Å². The van der Waals surface area contributed by atoms with Gasteiger partial charge < -0.3 is 19.5 Å². The third-order valence-corrected chi connectivity index (χ3v) is 7.19. The lowest BCUT2D eigenvalue weighted by Crippen LogP contribution is -2.43. The molecule has 0 bridgehead atoms. The number of aliphatic hydroxyl groups excluding tert-OH is 1. The normalized spacial score (nSPS) is 29.7. The van der Waals surface area contributed by atoms with E-state index in [0.29, 0.717) is 6.42 Å². The smallest absolute Gasteiger partial charge is 0.166 e. The van der Waals surface area contributed by atoms with Gasteiger partial charge >= 0.3 is 0 Å².